The van der Waals surface area contributed by atoms with Crippen LogP contribution in [0.15, 0.2) is 0 Å². The number of nitrogens with zero attached hydrogens (tertiary/aromatic N) is 2. The minimum absolute atomic E-state index is 0.170. The number of aromatic nitrogens is 3. The van der Waals surface area contributed by atoms with Crippen molar-refractivity contribution in [2.24, 2.45) is 0 Å². The molecule has 1 aromatic heterocycles. The van der Waals surface area contributed by atoms with Crippen LogP contribution in [-0.2, 0) is 0 Å². The highest BCUT2D eigenvalue weighted by Gasteiger charge is 2.28. The highest BCUT2D eigenvalue weighted by atomic mass is 16.2. The minimum atomic E-state index is -0.170. The molecule has 0 bridgehead atoms. The van der Waals surface area contributed by atoms with Gasteiger partial charge in [-0.1, -0.05) is 0 Å². The number of carbonyl (C=O) groups excluding carboxylic acids is 1. The molecule has 1 amide bonds. The summed E-state index contributed by atoms with van der Waals surface area (Å²) in [5, 5.41) is 12.9. The number of nitrogens with one attached hydrogen (secondary N) is 3. The van der Waals surface area contributed by atoms with Gasteiger partial charge >= 0.3 is 0 Å². The largest absolute Gasteiger partial charge is 0.345 e. The van der Waals surface area contributed by atoms with Crippen molar-refractivity contribution in [2.45, 2.75) is 31.2 Å². The maximum Gasteiger partial charge on any atom is 0.291 e. The fraction of sp³-hybridized carbons (Fsp3) is 0.700. The maximum absolute atomic E-state index is 11.8. The minimum Gasteiger partial charge on any atom is -0.345 e. The molecule has 6 heteroatoms. The summed E-state index contributed by atoms with van der Waals surface area (Å²) in [5.74, 6) is 1.46. The fourth-order valence-electron chi connectivity index (χ4n) is 1.94. The van der Waals surface area contributed by atoms with Gasteiger partial charge in [-0.3, -0.25) is 9.89 Å². The highest BCUT2D eigenvalue weighted by Crippen LogP contribution is 2.37. The zero-order valence-electron chi connectivity index (χ0n) is 8.99. The van der Waals surface area contributed by atoms with Crippen LogP contribution in [0.25, 0.3) is 0 Å². The van der Waals surface area contributed by atoms with E-state index in [0.29, 0.717) is 5.92 Å². The molecule has 3 rings (SSSR count). The topological polar surface area (TPSA) is 82.7 Å². The monoisotopic (exact) mass is 221 g/mol. The van der Waals surface area contributed by atoms with Gasteiger partial charge in [-0.25, -0.2) is 4.98 Å². The van der Waals surface area contributed by atoms with Gasteiger partial charge in [-0.15, -0.1) is 5.10 Å². The molecule has 2 heterocycles. The molecule has 3 N–H and O–H groups in total. The van der Waals surface area contributed by atoms with Gasteiger partial charge in [0.25, 0.3) is 5.91 Å². The van der Waals surface area contributed by atoms with E-state index in [-0.39, 0.29) is 17.8 Å². The standard InChI is InChI=1S/C10H15N5O/c16-10(12-7-3-4-11-5-7)9-13-8(14-15-9)6-1-2-6/h6-7,11H,1-5H2,(H,12,16)(H,13,14,15). The van der Waals surface area contributed by atoms with Gasteiger partial charge < -0.3 is 10.6 Å². The van der Waals surface area contributed by atoms with Gasteiger partial charge in [0.2, 0.25) is 5.82 Å². The summed E-state index contributed by atoms with van der Waals surface area (Å²) in [4.78, 5) is 16.0. The molecule has 0 spiro atoms. The highest BCUT2D eigenvalue weighted by molar-refractivity contribution is 5.90. The van der Waals surface area contributed by atoms with Crippen LogP contribution < -0.4 is 10.6 Å². The van der Waals surface area contributed by atoms with Crippen LogP contribution in [-0.4, -0.2) is 40.2 Å². The average Bonchev–Trinajstić information content (AvgIpc) is 2.82. The first-order chi connectivity index (χ1) is 7.83. The fourth-order valence-corrected chi connectivity index (χ4v) is 1.94. The van der Waals surface area contributed by atoms with Crippen molar-refractivity contribution in [3.63, 3.8) is 0 Å². The molecular weight excluding hydrogens is 206 g/mol. The van der Waals surface area contributed by atoms with Crippen LogP contribution in [0.3, 0.4) is 0 Å². The summed E-state index contributed by atoms with van der Waals surface area (Å²) in [6, 6.07) is 0.218. The molecule has 1 aliphatic heterocycles. The molecular formula is C10H15N5O. The van der Waals surface area contributed by atoms with Gasteiger partial charge in [-0.2, -0.15) is 0 Å². The summed E-state index contributed by atoms with van der Waals surface area (Å²) in [6.07, 6.45) is 3.29. The van der Waals surface area contributed by atoms with E-state index in [1.54, 1.807) is 0 Å². The quantitative estimate of drug-likeness (QED) is 0.658. The molecule has 1 aromatic rings. The second-order valence-electron chi connectivity index (χ2n) is 4.48. The van der Waals surface area contributed by atoms with Gasteiger partial charge in [0.05, 0.1) is 0 Å². The van der Waals surface area contributed by atoms with Crippen LogP contribution in [0, 0.1) is 0 Å². The molecule has 16 heavy (non-hydrogen) atoms. The predicted molar refractivity (Wildman–Crippen MR) is 57.1 cm³/mol. The maximum atomic E-state index is 11.8. The third kappa shape index (κ3) is 1.92. The Hall–Kier alpha value is -1.43. The molecule has 1 saturated heterocycles. The van der Waals surface area contributed by atoms with Crippen LogP contribution in [0.5, 0.6) is 0 Å². The molecule has 86 valence electrons. The first-order valence-corrected chi connectivity index (χ1v) is 5.77. The van der Waals surface area contributed by atoms with E-state index in [1.807, 2.05) is 0 Å². The Balaban J connectivity index is 1.63. The van der Waals surface area contributed by atoms with E-state index >= 15 is 0 Å². The molecule has 0 aromatic carbocycles. The second-order valence-corrected chi connectivity index (χ2v) is 4.48. The number of H-pyrrole nitrogens is 1. The van der Waals surface area contributed by atoms with Crippen molar-refractivity contribution >= 4 is 5.91 Å². The van der Waals surface area contributed by atoms with Crippen molar-refractivity contribution < 1.29 is 4.79 Å². The lowest BCUT2D eigenvalue weighted by atomic mass is 10.2. The lowest BCUT2D eigenvalue weighted by Crippen LogP contribution is -2.36. The number of rotatable bonds is 3. The number of hydrogen-bond acceptors (Lipinski definition) is 4. The van der Waals surface area contributed by atoms with Crippen LogP contribution in [0.2, 0.25) is 0 Å². The predicted octanol–water partition coefficient (Wildman–Crippen LogP) is -0.226. The Morgan fingerprint density at radius 1 is 1.38 bits per heavy atom. The third-order valence-electron chi connectivity index (χ3n) is 3.07. The molecule has 2 aliphatic rings. The van der Waals surface area contributed by atoms with E-state index < -0.39 is 0 Å². The first-order valence-electron chi connectivity index (χ1n) is 5.77. The molecule has 1 aliphatic carbocycles. The Kier molecular flexibility index (Phi) is 2.36. The Labute approximate surface area is 93.2 Å². The van der Waals surface area contributed by atoms with Crippen LogP contribution in [0.4, 0.5) is 0 Å². The molecule has 2 fully saturated rings. The van der Waals surface area contributed by atoms with Crippen molar-refractivity contribution in [3.8, 4) is 0 Å². The summed E-state index contributed by atoms with van der Waals surface area (Å²) in [7, 11) is 0. The van der Waals surface area contributed by atoms with Crippen LogP contribution >= 0.6 is 0 Å². The van der Waals surface area contributed by atoms with E-state index in [4.69, 9.17) is 0 Å². The average molecular weight is 221 g/mol. The number of hydrogen-bond donors (Lipinski definition) is 3. The Bertz CT molecular complexity index is 392. The van der Waals surface area contributed by atoms with Gasteiger partial charge in [0.15, 0.2) is 0 Å². The molecule has 1 unspecified atom stereocenters. The number of aromatic amines is 1. The van der Waals surface area contributed by atoms with Gasteiger partial charge in [0, 0.05) is 18.5 Å². The Morgan fingerprint density at radius 3 is 2.94 bits per heavy atom. The van der Waals surface area contributed by atoms with Crippen molar-refractivity contribution in [1.82, 2.24) is 25.8 Å². The molecule has 6 nitrogen and oxygen atoms in total. The van der Waals surface area contributed by atoms with Gasteiger partial charge in [-0.05, 0) is 25.8 Å². The van der Waals surface area contributed by atoms with Crippen molar-refractivity contribution in [3.05, 3.63) is 11.6 Å². The smallest absolute Gasteiger partial charge is 0.291 e. The molecule has 1 atom stereocenters. The van der Waals surface area contributed by atoms with E-state index in [2.05, 4.69) is 25.8 Å². The van der Waals surface area contributed by atoms with E-state index in [0.717, 1.165) is 38.2 Å². The summed E-state index contributed by atoms with van der Waals surface area (Å²) >= 11 is 0. The lowest BCUT2D eigenvalue weighted by Gasteiger charge is -2.08. The Morgan fingerprint density at radius 2 is 2.25 bits per heavy atom. The lowest BCUT2D eigenvalue weighted by molar-refractivity contribution is 0.0930. The van der Waals surface area contributed by atoms with E-state index in [9.17, 15) is 4.79 Å². The zero-order valence-corrected chi connectivity index (χ0v) is 8.99. The van der Waals surface area contributed by atoms with Gasteiger partial charge in [0.1, 0.15) is 5.82 Å². The molecule has 1 saturated carbocycles. The van der Waals surface area contributed by atoms with Crippen molar-refractivity contribution in [2.75, 3.05) is 13.1 Å². The number of carbonyl (C=O) groups is 1. The SMILES string of the molecule is O=C(NC1CCNC1)c1n[nH]c(C2CC2)n1. The summed E-state index contributed by atoms with van der Waals surface area (Å²) < 4.78 is 0. The first kappa shape index (κ1) is 9.77. The molecule has 0 radical (unpaired) electrons. The third-order valence-corrected chi connectivity index (χ3v) is 3.07. The number of amides is 1. The zero-order chi connectivity index (χ0) is 11.0. The second kappa shape index (κ2) is 3.86. The summed E-state index contributed by atoms with van der Waals surface area (Å²) in [6.45, 7) is 1.80. The van der Waals surface area contributed by atoms with Crippen LogP contribution in [0.1, 0.15) is 41.6 Å². The van der Waals surface area contributed by atoms with Crippen molar-refractivity contribution in [1.29, 1.82) is 0 Å². The normalized spacial score (nSPS) is 24.6. The summed E-state index contributed by atoms with van der Waals surface area (Å²) in [5.41, 5.74) is 0. The van der Waals surface area contributed by atoms with E-state index in [1.165, 1.54) is 0 Å².